The van der Waals surface area contributed by atoms with E-state index >= 15 is 0 Å². The average Bonchev–Trinajstić information content (AvgIpc) is 2.60. The van der Waals surface area contributed by atoms with Crippen LogP contribution >= 0.6 is 0 Å². The van der Waals surface area contributed by atoms with Gasteiger partial charge in [-0.2, -0.15) is 0 Å². The van der Waals surface area contributed by atoms with Gasteiger partial charge in [0, 0.05) is 18.8 Å². The third-order valence-corrected chi connectivity index (χ3v) is 3.21. The fraction of sp³-hybridized carbons (Fsp3) is 0.353. The van der Waals surface area contributed by atoms with Gasteiger partial charge in [0.05, 0.1) is 19.9 Å². The van der Waals surface area contributed by atoms with Gasteiger partial charge in [-0.1, -0.05) is 13.8 Å². The number of hydrogen-bond acceptors (Lipinski definition) is 6. The minimum absolute atomic E-state index is 0.272. The summed E-state index contributed by atoms with van der Waals surface area (Å²) in [6.07, 6.45) is 1.55. The van der Waals surface area contributed by atoms with Crippen LogP contribution in [0.25, 0.3) is 0 Å². The van der Waals surface area contributed by atoms with Crippen molar-refractivity contribution >= 4 is 17.5 Å². The summed E-state index contributed by atoms with van der Waals surface area (Å²) in [5.41, 5.74) is 0.813. The van der Waals surface area contributed by atoms with Crippen LogP contribution in [0.3, 0.4) is 0 Å². The summed E-state index contributed by atoms with van der Waals surface area (Å²) in [5, 5.41) is 5.88. The number of aromatic nitrogens is 2. The minimum Gasteiger partial charge on any atom is -0.497 e. The van der Waals surface area contributed by atoms with Gasteiger partial charge in [0.1, 0.15) is 17.2 Å². The van der Waals surface area contributed by atoms with Crippen LogP contribution in [0.2, 0.25) is 0 Å². The molecule has 0 aliphatic carbocycles. The predicted molar refractivity (Wildman–Crippen MR) is 92.9 cm³/mol. The second-order valence-electron chi connectivity index (χ2n) is 5.56. The molecule has 2 aromatic rings. The molecule has 0 bridgehead atoms. The van der Waals surface area contributed by atoms with Crippen LogP contribution in [-0.4, -0.2) is 36.6 Å². The molecule has 0 spiro atoms. The highest BCUT2D eigenvalue weighted by molar-refractivity contribution is 6.03. The molecule has 1 heterocycles. The summed E-state index contributed by atoms with van der Waals surface area (Å²) >= 11 is 0. The van der Waals surface area contributed by atoms with E-state index in [-0.39, 0.29) is 11.6 Å². The monoisotopic (exact) mass is 330 g/mol. The molecular formula is C17H22N4O3. The molecule has 0 fully saturated rings. The summed E-state index contributed by atoms with van der Waals surface area (Å²) < 4.78 is 10.4. The lowest BCUT2D eigenvalue weighted by atomic mass is 10.2. The second-order valence-corrected chi connectivity index (χ2v) is 5.56. The zero-order chi connectivity index (χ0) is 17.5. The zero-order valence-corrected chi connectivity index (χ0v) is 14.3. The third kappa shape index (κ3) is 4.58. The Morgan fingerprint density at radius 2 is 2.00 bits per heavy atom. The van der Waals surface area contributed by atoms with Crippen LogP contribution in [0.15, 0.2) is 30.5 Å². The van der Waals surface area contributed by atoms with Crippen LogP contribution in [0, 0.1) is 5.92 Å². The maximum absolute atomic E-state index is 12.4. The van der Waals surface area contributed by atoms with E-state index in [1.807, 2.05) is 0 Å². The van der Waals surface area contributed by atoms with Crippen molar-refractivity contribution in [1.29, 1.82) is 0 Å². The topological polar surface area (TPSA) is 85.4 Å². The van der Waals surface area contributed by atoms with Crippen molar-refractivity contribution in [2.24, 2.45) is 5.92 Å². The van der Waals surface area contributed by atoms with E-state index in [4.69, 9.17) is 9.47 Å². The number of amides is 1. The van der Waals surface area contributed by atoms with Crippen LogP contribution < -0.4 is 20.1 Å². The Hall–Kier alpha value is -2.83. The Morgan fingerprint density at radius 3 is 2.67 bits per heavy atom. The number of carbonyl (C=O) groups is 1. The maximum Gasteiger partial charge on any atom is 0.274 e. The van der Waals surface area contributed by atoms with Gasteiger partial charge >= 0.3 is 0 Å². The highest BCUT2D eigenvalue weighted by atomic mass is 16.5. The van der Waals surface area contributed by atoms with Crippen LogP contribution in [0.1, 0.15) is 24.3 Å². The third-order valence-electron chi connectivity index (χ3n) is 3.21. The van der Waals surface area contributed by atoms with Crippen molar-refractivity contribution in [2.75, 3.05) is 31.4 Å². The van der Waals surface area contributed by atoms with E-state index < -0.39 is 0 Å². The number of methoxy groups -OCH3 is 2. The predicted octanol–water partition coefficient (Wildman–Crippen LogP) is 2.81. The normalized spacial score (nSPS) is 10.4. The number of benzene rings is 1. The van der Waals surface area contributed by atoms with Gasteiger partial charge in [-0.15, -0.1) is 0 Å². The van der Waals surface area contributed by atoms with E-state index in [1.165, 1.54) is 7.11 Å². The fourth-order valence-corrected chi connectivity index (χ4v) is 1.95. The number of anilines is 2. The van der Waals surface area contributed by atoms with Crippen LogP contribution in [-0.2, 0) is 0 Å². The highest BCUT2D eigenvalue weighted by Crippen LogP contribution is 2.29. The smallest absolute Gasteiger partial charge is 0.274 e. The standard InChI is InChI=1S/C17H22N4O3/c1-11(2)10-19-17-18-8-7-14(21-17)16(22)20-13-6-5-12(23-3)9-15(13)24-4/h5-9,11H,10H2,1-4H3,(H,20,22)(H,18,19,21). The summed E-state index contributed by atoms with van der Waals surface area (Å²) in [6.45, 7) is 4.90. The van der Waals surface area contributed by atoms with Crippen LogP contribution in [0.4, 0.5) is 11.6 Å². The zero-order valence-electron chi connectivity index (χ0n) is 14.3. The van der Waals surface area contributed by atoms with Gasteiger partial charge in [0.2, 0.25) is 5.95 Å². The lowest BCUT2D eigenvalue weighted by molar-refractivity contribution is 0.102. The van der Waals surface area contributed by atoms with Gasteiger partial charge in [-0.3, -0.25) is 4.79 Å². The highest BCUT2D eigenvalue weighted by Gasteiger charge is 2.13. The van der Waals surface area contributed by atoms with Crippen molar-refractivity contribution in [3.63, 3.8) is 0 Å². The summed E-state index contributed by atoms with van der Waals surface area (Å²) in [6, 6.07) is 6.72. The Bertz CT molecular complexity index is 704. The molecule has 1 amide bonds. The lowest BCUT2D eigenvalue weighted by Crippen LogP contribution is -2.17. The molecule has 0 atom stereocenters. The molecule has 128 valence electrons. The van der Waals surface area contributed by atoms with E-state index in [0.29, 0.717) is 29.1 Å². The van der Waals surface area contributed by atoms with Gasteiger partial charge in [0.25, 0.3) is 5.91 Å². The van der Waals surface area contributed by atoms with Gasteiger partial charge in [-0.05, 0) is 24.1 Å². The largest absolute Gasteiger partial charge is 0.497 e. The van der Waals surface area contributed by atoms with Crippen molar-refractivity contribution in [3.05, 3.63) is 36.2 Å². The minimum atomic E-state index is -0.339. The SMILES string of the molecule is COc1ccc(NC(=O)c2ccnc(NCC(C)C)n2)c(OC)c1. The van der Waals surface area contributed by atoms with E-state index in [9.17, 15) is 4.79 Å². The molecule has 7 heteroatoms. The number of nitrogens with one attached hydrogen (secondary N) is 2. The molecule has 2 N–H and O–H groups in total. The Morgan fingerprint density at radius 1 is 1.21 bits per heavy atom. The van der Waals surface area contributed by atoms with Gasteiger partial charge in [-0.25, -0.2) is 9.97 Å². The molecule has 24 heavy (non-hydrogen) atoms. The average molecular weight is 330 g/mol. The number of hydrogen-bond donors (Lipinski definition) is 2. The molecule has 7 nitrogen and oxygen atoms in total. The molecule has 1 aromatic carbocycles. The van der Waals surface area contributed by atoms with Gasteiger partial charge in [0.15, 0.2) is 0 Å². The van der Waals surface area contributed by atoms with Crippen molar-refractivity contribution in [2.45, 2.75) is 13.8 Å². The fourth-order valence-electron chi connectivity index (χ4n) is 1.95. The molecule has 0 aliphatic rings. The molecule has 0 unspecified atom stereocenters. The van der Waals surface area contributed by atoms with Gasteiger partial charge < -0.3 is 20.1 Å². The number of ether oxygens (including phenoxy) is 2. The van der Waals surface area contributed by atoms with Crippen molar-refractivity contribution in [3.8, 4) is 11.5 Å². The Labute approximate surface area is 141 Å². The van der Waals surface area contributed by atoms with E-state index in [1.54, 1.807) is 37.6 Å². The first kappa shape index (κ1) is 17.5. The first-order chi connectivity index (χ1) is 11.5. The van der Waals surface area contributed by atoms with Crippen LogP contribution in [0.5, 0.6) is 11.5 Å². The molecule has 0 saturated carbocycles. The maximum atomic E-state index is 12.4. The number of rotatable bonds is 7. The van der Waals surface area contributed by atoms with E-state index in [2.05, 4.69) is 34.4 Å². The second kappa shape index (κ2) is 8.14. The van der Waals surface area contributed by atoms with Crippen molar-refractivity contribution < 1.29 is 14.3 Å². The summed E-state index contributed by atoms with van der Waals surface area (Å²) in [5.74, 6) is 1.70. The Kier molecular flexibility index (Phi) is 5.95. The number of carbonyl (C=O) groups excluding carboxylic acids is 1. The van der Waals surface area contributed by atoms with E-state index in [0.717, 1.165) is 6.54 Å². The Balaban J connectivity index is 2.13. The summed E-state index contributed by atoms with van der Waals surface area (Å²) in [4.78, 5) is 20.8. The molecule has 2 rings (SSSR count). The van der Waals surface area contributed by atoms with Crippen molar-refractivity contribution in [1.82, 2.24) is 9.97 Å². The molecule has 0 saturated heterocycles. The first-order valence-corrected chi connectivity index (χ1v) is 7.63. The molecule has 1 aromatic heterocycles. The first-order valence-electron chi connectivity index (χ1n) is 7.63. The lowest BCUT2D eigenvalue weighted by Gasteiger charge is -2.12. The molecular weight excluding hydrogens is 308 g/mol. The molecule has 0 radical (unpaired) electrons. The quantitative estimate of drug-likeness (QED) is 0.812. The summed E-state index contributed by atoms with van der Waals surface area (Å²) in [7, 11) is 3.10. The number of nitrogens with zero attached hydrogens (tertiary/aromatic N) is 2. The molecule has 0 aliphatic heterocycles.